The first-order valence-corrected chi connectivity index (χ1v) is 3.58. The highest BCUT2D eigenvalue weighted by atomic mass is 16.5. The molecule has 0 unspecified atom stereocenters. The highest BCUT2D eigenvalue weighted by Crippen LogP contribution is 1.81. The molecule has 0 saturated carbocycles. The van der Waals surface area contributed by atoms with Crippen LogP contribution in [0, 0.1) is 0 Å². The van der Waals surface area contributed by atoms with Crippen LogP contribution in [0.3, 0.4) is 0 Å². The fraction of sp³-hybridized carbons (Fsp3) is 0.571. The Morgan fingerprint density at radius 3 is 2.38 bits per heavy atom. The molecule has 0 amide bonds. The predicted molar refractivity (Wildman–Crippen MR) is 47.9 cm³/mol. The van der Waals surface area contributed by atoms with Gasteiger partial charge in [0, 0.05) is 6.54 Å². The van der Waals surface area contributed by atoms with Crippen molar-refractivity contribution < 1.29 is 19.7 Å². The van der Waals surface area contributed by atoms with E-state index in [2.05, 4.69) is 4.74 Å². The summed E-state index contributed by atoms with van der Waals surface area (Å²) in [5.74, 6) is -1.07. The number of nitrogens with two attached hydrogens (primary N) is 2. The largest absolute Gasteiger partial charge is 0.505 e. The summed E-state index contributed by atoms with van der Waals surface area (Å²) in [6.07, 6.45) is 2.49. The molecule has 0 spiro atoms. The predicted octanol–water partition coefficient (Wildman–Crippen LogP) is -1.50. The third-order valence-corrected chi connectivity index (χ3v) is 0.836. The number of aliphatic hydroxyl groups is 1. The molecular formula is C7H16N2O4. The first-order chi connectivity index (χ1) is 6.09. The molecule has 0 aromatic rings. The van der Waals surface area contributed by atoms with Gasteiger partial charge in [0.2, 0.25) is 0 Å². The molecule has 6 N–H and O–H groups in total. The van der Waals surface area contributed by atoms with E-state index in [-0.39, 0.29) is 6.61 Å². The molecule has 0 heterocycles. The van der Waals surface area contributed by atoms with E-state index in [9.17, 15) is 4.79 Å². The third kappa shape index (κ3) is 13.8. The van der Waals surface area contributed by atoms with Gasteiger partial charge in [0.1, 0.15) is 6.04 Å². The van der Waals surface area contributed by atoms with Gasteiger partial charge < -0.3 is 26.4 Å². The fourth-order valence-corrected chi connectivity index (χ4v) is 0.246. The Morgan fingerprint density at radius 2 is 2.15 bits per heavy atom. The van der Waals surface area contributed by atoms with Crippen LogP contribution in [0.15, 0.2) is 12.3 Å². The number of carboxylic acid groups (broad SMARTS) is 1. The molecule has 6 nitrogen and oxygen atoms in total. The highest BCUT2D eigenvalue weighted by molar-refractivity contribution is 5.75. The lowest BCUT2D eigenvalue weighted by Gasteiger charge is -1.95. The summed E-state index contributed by atoms with van der Waals surface area (Å²) in [6, 6.07) is -0.968. The van der Waals surface area contributed by atoms with Gasteiger partial charge in [-0.15, -0.1) is 0 Å². The minimum Gasteiger partial charge on any atom is -0.505 e. The number of ether oxygens (including phenoxy) is 1. The molecule has 0 aromatic heterocycles. The Labute approximate surface area is 76.8 Å². The summed E-state index contributed by atoms with van der Waals surface area (Å²) in [7, 11) is 1.42. The van der Waals surface area contributed by atoms with E-state index < -0.39 is 12.0 Å². The van der Waals surface area contributed by atoms with Crippen molar-refractivity contribution in [3.63, 3.8) is 0 Å². The van der Waals surface area contributed by atoms with Crippen molar-refractivity contribution in [1.82, 2.24) is 0 Å². The molecule has 0 aliphatic rings. The Kier molecular flexibility index (Phi) is 12.1. The maximum Gasteiger partial charge on any atom is 0.324 e. The van der Waals surface area contributed by atoms with Crippen LogP contribution in [0.1, 0.15) is 0 Å². The molecule has 0 bridgehead atoms. The second-order valence-corrected chi connectivity index (χ2v) is 1.94. The van der Waals surface area contributed by atoms with Crippen LogP contribution in [0.2, 0.25) is 0 Å². The standard InChI is InChI=1S/C5H9NO3.C2H7NO/c1-9-3-2-4(6)5(7)8;3-1-2-4/h2-4H,6H2,1H3,(H,7,8);4H,1-3H2/b3-2+;/t4-;/m0./s1. The van der Waals surface area contributed by atoms with Gasteiger partial charge in [-0.2, -0.15) is 0 Å². The number of hydrogen-bond acceptors (Lipinski definition) is 5. The maximum atomic E-state index is 9.97. The molecule has 0 fully saturated rings. The van der Waals surface area contributed by atoms with E-state index in [1.54, 1.807) is 0 Å². The first kappa shape index (κ1) is 14.4. The SMILES string of the molecule is CO/C=C/[C@H](N)C(=O)O.NCCO. The zero-order chi connectivity index (χ0) is 10.7. The van der Waals surface area contributed by atoms with E-state index in [0.717, 1.165) is 0 Å². The van der Waals surface area contributed by atoms with Gasteiger partial charge in [0.15, 0.2) is 0 Å². The van der Waals surface area contributed by atoms with Crippen LogP contribution in [0.5, 0.6) is 0 Å². The normalized spacial score (nSPS) is 11.7. The number of aliphatic carboxylic acids is 1. The maximum absolute atomic E-state index is 9.97. The van der Waals surface area contributed by atoms with Crippen LogP contribution in [-0.2, 0) is 9.53 Å². The summed E-state index contributed by atoms with van der Waals surface area (Å²) < 4.78 is 4.44. The monoisotopic (exact) mass is 192 g/mol. The number of rotatable bonds is 4. The van der Waals surface area contributed by atoms with E-state index in [1.807, 2.05) is 0 Å². The summed E-state index contributed by atoms with van der Waals surface area (Å²) in [5, 5.41) is 15.9. The zero-order valence-electron chi connectivity index (χ0n) is 7.51. The average molecular weight is 192 g/mol. The Bertz CT molecular complexity index is 147. The minimum atomic E-state index is -1.07. The molecule has 1 atom stereocenters. The minimum absolute atomic E-state index is 0.0972. The smallest absolute Gasteiger partial charge is 0.324 e. The van der Waals surface area contributed by atoms with Crippen LogP contribution in [0.25, 0.3) is 0 Å². The lowest BCUT2D eigenvalue weighted by atomic mass is 10.3. The Balaban J connectivity index is 0. The second kappa shape index (κ2) is 10.9. The summed E-state index contributed by atoms with van der Waals surface area (Å²) >= 11 is 0. The second-order valence-electron chi connectivity index (χ2n) is 1.94. The quantitative estimate of drug-likeness (QED) is 0.402. The Hall–Kier alpha value is -1.11. The third-order valence-electron chi connectivity index (χ3n) is 0.836. The van der Waals surface area contributed by atoms with Crippen molar-refractivity contribution in [2.45, 2.75) is 6.04 Å². The lowest BCUT2D eigenvalue weighted by Crippen LogP contribution is -2.27. The van der Waals surface area contributed by atoms with Crippen molar-refractivity contribution >= 4 is 5.97 Å². The van der Waals surface area contributed by atoms with Gasteiger partial charge in [0.25, 0.3) is 0 Å². The van der Waals surface area contributed by atoms with Gasteiger partial charge >= 0.3 is 5.97 Å². The number of hydrogen-bond donors (Lipinski definition) is 4. The van der Waals surface area contributed by atoms with Crippen molar-refractivity contribution in [2.24, 2.45) is 11.5 Å². The van der Waals surface area contributed by atoms with Crippen LogP contribution in [0.4, 0.5) is 0 Å². The summed E-state index contributed by atoms with van der Waals surface area (Å²) in [6.45, 7) is 0.472. The number of methoxy groups -OCH3 is 1. The summed E-state index contributed by atoms with van der Waals surface area (Å²) in [5.41, 5.74) is 9.81. The van der Waals surface area contributed by atoms with Gasteiger partial charge in [-0.25, -0.2) is 0 Å². The molecule has 0 aliphatic carbocycles. The number of aliphatic hydroxyl groups excluding tert-OH is 1. The molecule has 13 heavy (non-hydrogen) atoms. The first-order valence-electron chi connectivity index (χ1n) is 3.58. The van der Waals surface area contributed by atoms with Crippen molar-refractivity contribution in [3.8, 4) is 0 Å². The molecule has 0 aliphatic heterocycles. The van der Waals surface area contributed by atoms with Crippen molar-refractivity contribution in [1.29, 1.82) is 0 Å². The van der Waals surface area contributed by atoms with E-state index in [0.29, 0.717) is 6.54 Å². The fourth-order valence-electron chi connectivity index (χ4n) is 0.246. The van der Waals surface area contributed by atoms with Crippen LogP contribution in [-0.4, -0.2) is 42.5 Å². The van der Waals surface area contributed by atoms with E-state index in [1.165, 1.54) is 19.4 Å². The molecule has 6 heteroatoms. The van der Waals surface area contributed by atoms with Crippen molar-refractivity contribution in [3.05, 3.63) is 12.3 Å². The van der Waals surface area contributed by atoms with Gasteiger partial charge in [-0.1, -0.05) is 0 Å². The van der Waals surface area contributed by atoms with Crippen molar-refractivity contribution in [2.75, 3.05) is 20.3 Å². The molecule has 78 valence electrons. The molecule has 0 saturated heterocycles. The topological polar surface area (TPSA) is 119 Å². The molecular weight excluding hydrogens is 176 g/mol. The average Bonchev–Trinajstić information content (AvgIpc) is 2.14. The van der Waals surface area contributed by atoms with Crippen LogP contribution >= 0.6 is 0 Å². The van der Waals surface area contributed by atoms with Gasteiger partial charge in [-0.05, 0) is 6.08 Å². The van der Waals surface area contributed by atoms with E-state index >= 15 is 0 Å². The van der Waals surface area contributed by atoms with Crippen LogP contribution < -0.4 is 11.5 Å². The Morgan fingerprint density at radius 1 is 1.69 bits per heavy atom. The highest BCUT2D eigenvalue weighted by Gasteiger charge is 2.04. The number of carboxylic acids is 1. The van der Waals surface area contributed by atoms with Gasteiger partial charge in [0.05, 0.1) is 20.0 Å². The summed E-state index contributed by atoms with van der Waals surface area (Å²) in [4.78, 5) is 9.97. The molecule has 0 aromatic carbocycles. The van der Waals surface area contributed by atoms with Gasteiger partial charge in [-0.3, -0.25) is 4.79 Å². The zero-order valence-corrected chi connectivity index (χ0v) is 7.51. The molecule has 0 rings (SSSR count). The van der Waals surface area contributed by atoms with E-state index in [4.69, 9.17) is 21.7 Å². The number of carbonyl (C=O) groups is 1. The molecule has 0 radical (unpaired) electrons. The lowest BCUT2D eigenvalue weighted by molar-refractivity contribution is -0.137.